The molecule has 2 aliphatic rings. The summed E-state index contributed by atoms with van der Waals surface area (Å²) in [4.78, 5) is 18.3. The zero-order chi connectivity index (χ0) is 25.5. The molecule has 1 unspecified atom stereocenters. The fourth-order valence-electron chi connectivity index (χ4n) is 5.72. The third-order valence-electron chi connectivity index (χ3n) is 8.24. The summed E-state index contributed by atoms with van der Waals surface area (Å²) in [5.41, 5.74) is 1.84. The molecule has 1 amide bonds. The first-order valence-electron chi connectivity index (χ1n) is 12.3. The van der Waals surface area contributed by atoms with Crippen LogP contribution in [0.5, 0.6) is 0 Å². The lowest BCUT2D eigenvalue weighted by Crippen LogP contribution is -2.58. The Morgan fingerprint density at radius 3 is 2.29 bits per heavy atom. The van der Waals surface area contributed by atoms with Crippen molar-refractivity contribution in [3.05, 3.63) is 52.3 Å². The van der Waals surface area contributed by atoms with E-state index in [1.807, 2.05) is 4.90 Å². The van der Waals surface area contributed by atoms with Gasteiger partial charge >= 0.3 is 6.18 Å². The predicted octanol–water partition coefficient (Wildman–Crippen LogP) is 4.95. The Labute approximate surface area is 204 Å². The number of aromatic nitrogens is 2. The summed E-state index contributed by atoms with van der Waals surface area (Å²) in [6, 6.07) is 5.58. The number of likely N-dealkylation sites (tertiary alicyclic amines) is 2. The maximum Gasteiger partial charge on any atom is 0.416 e. The van der Waals surface area contributed by atoms with E-state index < -0.39 is 11.7 Å². The quantitative estimate of drug-likeness (QED) is 0.614. The minimum Gasteiger partial charge on any atom is -0.411 e. The van der Waals surface area contributed by atoms with Crippen molar-refractivity contribution in [2.45, 2.75) is 65.1 Å². The molecule has 2 atom stereocenters. The highest BCUT2D eigenvalue weighted by Crippen LogP contribution is 2.36. The van der Waals surface area contributed by atoms with Gasteiger partial charge in [0.05, 0.1) is 22.5 Å². The van der Waals surface area contributed by atoms with Crippen molar-refractivity contribution in [2.24, 2.45) is 11.8 Å². The summed E-state index contributed by atoms with van der Waals surface area (Å²) in [5.74, 6) is 0.795. The van der Waals surface area contributed by atoms with Gasteiger partial charge in [0, 0.05) is 25.2 Å². The van der Waals surface area contributed by atoms with Crippen LogP contribution in [0.1, 0.15) is 66.0 Å². The number of hydrogen-bond donors (Lipinski definition) is 1. The lowest BCUT2D eigenvalue weighted by Gasteiger charge is -2.51. The van der Waals surface area contributed by atoms with Crippen LogP contribution in [0.4, 0.5) is 13.2 Å². The highest BCUT2D eigenvalue weighted by molar-refractivity contribution is 5.96. The van der Waals surface area contributed by atoms with E-state index >= 15 is 0 Å². The van der Waals surface area contributed by atoms with Gasteiger partial charge in [0.1, 0.15) is 0 Å². The van der Waals surface area contributed by atoms with Gasteiger partial charge < -0.3 is 10.1 Å². The van der Waals surface area contributed by atoms with Gasteiger partial charge in [0.2, 0.25) is 0 Å². The zero-order valence-corrected chi connectivity index (χ0v) is 20.9. The number of aryl methyl sites for hydroxylation is 1. The molecule has 6 nitrogen and oxygen atoms in total. The summed E-state index contributed by atoms with van der Waals surface area (Å²) >= 11 is 0. The summed E-state index contributed by atoms with van der Waals surface area (Å²) in [6.45, 7) is 11.2. The van der Waals surface area contributed by atoms with E-state index in [0.717, 1.165) is 49.2 Å². The highest BCUT2D eigenvalue weighted by Gasteiger charge is 2.41. The van der Waals surface area contributed by atoms with Crippen molar-refractivity contribution in [2.75, 3.05) is 26.2 Å². The number of nitrogens with zero attached hydrogens (tertiary/aromatic N) is 4. The molecule has 2 saturated heterocycles. The lowest BCUT2D eigenvalue weighted by atomic mass is 9.78. The largest absolute Gasteiger partial charge is 0.416 e. The molecule has 0 saturated carbocycles. The van der Waals surface area contributed by atoms with Crippen LogP contribution < -0.4 is 0 Å². The summed E-state index contributed by atoms with van der Waals surface area (Å²) in [5, 5.41) is 13.7. The molecule has 2 aliphatic heterocycles. The molecule has 0 bridgehead atoms. The van der Waals surface area contributed by atoms with Crippen LogP contribution in [0.3, 0.4) is 0 Å². The van der Waals surface area contributed by atoms with Crippen LogP contribution in [0.2, 0.25) is 0 Å². The van der Waals surface area contributed by atoms with Gasteiger partial charge in [-0.25, -0.2) is 0 Å². The van der Waals surface area contributed by atoms with Crippen molar-refractivity contribution in [1.29, 1.82) is 0 Å². The molecule has 9 heteroatoms. The number of piperidine rings is 2. The van der Waals surface area contributed by atoms with E-state index in [4.69, 9.17) is 0 Å². The zero-order valence-electron chi connectivity index (χ0n) is 20.9. The molecule has 2 aromatic rings. The highest BCUT2D eigenvalue weighted by atomic mass is 19.4. The number of benzene rings is 1. The van der Waals surface area contributed by atoms with Crippen LogP contribution in [0.15, 0.2) is 24.3 Å². The summed E-state index contributed by atoms with van der Waals surface area (Å²) in [6.07, 6.45) is -0.746. The lowest BCUT2D eigenvalue weighted by molar-refractivity contribution is -0.137. The molecular weight excluding hydrogens is 457 g/mol. The standard InChI is InChI=1S/C26H35F3N4O2/c1-17-16-32(12-9-21(17)15-20-5-7-22(8-6-20)26(27,28)29)25(4)10-13-31(14-11-25)24(34)23-18(2)30-33(35)19(23)3/h5-8,17,21,35H,9-16H2,1-4H3/t17-,21?/m0/s1. The van der Waals surface area contributed by atoms with E-state index in [9.17, 15) is 23.2 Å². The van der Waals surface area contributed by atoms with Gasteiger partial charge in [-0.15, -0.1) is 9.94 Å². The topological polar surface area (TPSA) is 61.6 Å². The van der Waals surface area contributed by atoms with Crippen molar-refractivity contribution in [1.82, 2.24) is 19.7 Å². The van der Waals surface area contributed by atoms with Crippen LogP contribution >= 0.6 is 0 Å². The van der Waals surface area contributed by atoms with Crippen molar-refractivity contribution >= 4 is 5.91 Å². The summed E-state index contributed by atoms with van der Waals surface area (Å²) < 4.78 is 38.5. The molecule has 1 N–H and O–H groups in total. The molecule has 192 valence electrons. The minimum atomic E-state index is -4.30. The van der Waals surface area contributed by atoms with Gasteiger partial charge in [-0.05, 0) is 82.5 Å². The third-order valence-corrected chi connectivity index (χ3v) is 8.24. The Balaban J connectivity index is 1.33. The maximum atomic E-state index is 13.1. The molecule has 1 aromatic carbocycles. The van der Waals surface area contributed by atoms with Crippen LogP contribution in [0, 0.1) is 25.7 Å². The van der Waals surface area contributed by atoms with Crippen LogP contribution in [0.25, 0.3) is 0 Å². The normalized spacial score (nSPS) is 23.5. The van der Waals surface area contributed by atoms with Crippen molar-refractivity contribution in [3.8, 4) is 0 Å². The molecule has 0 aliphatic carbocycles. The Bertz CT molecular complexity index is 1060. The number of carbonyl (C=O) groups is 1. The monoisotopic (exact) mass is 492 g/mol. The first kappa shape index (κ1) is 25.5. The Kier molecular flexibility index (Phi) is 6.92. The fraction of sp³-hybridized carbons (Fsp3) is 0.615. The molecule has 35 heavy (non-hydrogen) atoms. The minimum absolute atomic E-state index is 0.00954. The van der Waals surface area contributed by atoms with E-state index in [1.54, 1.807) is 26.0 Å². The average molecular weight is 493 g/mol. The molecule has 0 spiro atoms. The van der Waals surface area contributed by atoms with Gasteiger partial charge in [-0.1, -0.05) is 19.1 Å². The number of carbonyl (C=O) groups excluding carboxylic acids is 1. The Morgan fingerprint density at radius 1 is 1.14 bits per heavy atom. The van der Waals surface area contributed by atoms with Crippen LogP contribution in [-0.2, 0) is 12.6 Å². The number of rotatable bonds is 4. The van der Waals surface area contributed by atoms with Gasteiger partial charge in [-0.2, -0.15) is 13.2 Å². The maximum absolute atomic E-state index is 13.1. The Hall–Kier alpha value is -2.55. The second kappa shape index (κ2) is 9.48. The number of hydrogen-bond acceptors (Lipinski definition) is 4. The molecular formula is C26H35F3N4O2. The third kappa shape index (κ3) is 5.20. The van der Waals surface area contributed by atoms with E-state index in [-0.39, 0.29) is 11.4 Å². The first-order chi connectivity index (χ1) is 16.4. The number of alkyl halides is 3. The summed E-state index contributed by atoms with van der Waals surface area (Å²) in [7, 11) is 0. The average Bonchev–Trinajstić information content (AvgIpc) is 3.06. The van der Waals surface area contributed by atoms with Crippen molar-refractivity contribution in [3.63, 3.8) is 0 Å². The van der Waals surface area contributed by atoms with E-state index in [0.29, 0.717) is 41.9 Å². The molecule has 3 heterocycles. The molecule has 1 aromatic heterocycles. The molecule has 0 radical (unpaired) electrons. The van der Waals surface area contributed by atoms with Gasteiger partial charge in [0.15, 0.2) is 0 Å². The van der Waals surface area contributed by atoms with Crippen molar-refractivity contribution < 1.29 is 23.2 Å². The molecule has 4 rings (SSSR count). The first-order valence-corrected chi connectivity index (χ1v) is 12.3. The number of halogens is 3. The van der Waals surface area contributed by atoms with E-state index in [2.05, 4.69) is 23.8 Å². The second-order valence-electron chi connectivity index (χ2n) is 10.6. The van der Waals surface area contributed by atoms with Crippen LogP contribution in [-0.4, -0.2) is 62.6 Å². The Morgan fingerprint density at radius 2 is 1.77 bits per heavy atom. The predicted molar refractivity (Wildman–Crippen MR) is 126 cm³/mol. The van der Waals surface area contributed by atoms with E-state index in [1.165, 1.54) is 12.1 Å². The molecule has 2 fully saturated rings. The van der Waals surface area contributed by atoms with Gasteiger partial charge in [-0.3, -0.25) is 9.69 Å². The SMILES string of the molecule is Cc1nn(O)c(C)c1C(=O)N1CCC(C)(N2CCC(Cc3ccc(C(F)(F)F)cc3)[C@@H](C)C2)CC1. The second-order valence-corrected chi connectivity index (χ2v) is 10.6. The smallest absolute Gasteiger partial charge is 0.411 e. The van der Waals surface area contributed by atoms with Gasteiger partial charge in [0.25, 0.3) is 5.91 Å². The number of amides is 1. The fourth-order valence-corrected chi connectivity index (χ4v) is 5.72.